The van der Waals surface area contributed by atoms with E-state index < -0.39 is 44.5 Å². The van der Waals surface area contributed by atoms with Gasteiger partial charge in [0.2, 0.25) is 0 Å². The van der Waals surface area contributed by atoms with Crippen molar-refractivity contribution in [3.63, 3.8) is 0 Å². The van der Waals surface area contributed by atoms with Crippen LogP contribution in [-0.2, 0) is 29.2 Å². The van der Waals surface area contributed by atoms with Crippen LogP contribution in [-0.4, -0.2) is 61.1 Å². The van der Waals surface area contributed by atoms with Crippen LogP contribution in [0.4, 0.5) is 0 Å². The minimum atomic E-state index is -4.84. The average Bonchev–Trinajstić information content (AvgIpc) is 3.14. The van der Waals surface area contributed by atoms with Crippen molar-refractivity contribution < 1.29 is 44.5 Å². The molecule has 0 aliphatic heterocycles. The zero-order chi connectivity index (χ0) is 29.0. The summed E-state index contributed by atoms with van der Waals surface area (Å²) in [6, 6.07) is 0. The number of allylic oxidation sites excluding steroid dienone is 3. The fraction of sp³-hybridized carbons (Fsp3) is 0.852. The van der Waals surface area contributed by atoms with E-state index >= 15 is 0 Å². The predicted octanol–water partition coefficient (Wildman–Crippen LogP) is 3.88. The summed E-state index contributed by atoms with van der Waals surface area (Å²) in [6.07, 6.45) is 6.21. The van der Waals surface area contributed by atoms with Gasteiger partial charge in [0.25, 0.3) is 0 Å². The van der Waals surface area contributed by atoms with Gasteiger partial charge in [-0.15, -0.1) is 0 Å². The lowest BCUT2D eigenvalue weighted by atomic mass is 9.46. The largest absolute Gasteiger partial charge is 0.397 e. The number of aliphatic hydroxyl groups excluding tert-OH is 2. The molecule has 4 N–H and O–H groups in total. The van der Waals surface area contributed by atoms with Crippen molar-refractivity contribution in [3.05, 3.63) is 23.3 Å². The zero-order valence-electron chi connectivity index (χ0n) is 23.2. The minimum absolute atomic E-state index is 0.0315. The number of hydrogen-bond acceptors (Lipinski definition) is 8. The fourth-order valence-electron chi connectivity index (χ4n) is 9.02. The molecule has 3 fully saturated rings. The molecule has 0 radical (unpaired) electrons. The molecule has 12 heteroatoms. The van der Waals surface area contributed by atoms with E-state index in [-0.39, 0.29) is 36.2 Å². The Balaban J connectivity index is 1.58. The molecule has 224 valence electrons. The van der Waals surface area contributed by atoms with E-state index in [1.54, 1.807) is 0 Å². The van der Waals surface area contributed by atoms with Crippen molar-refractivity contribution in [2.75, 3.05) is 6.61 Å². The summed E-state index contributed by atoms with van der Waals surface area (Å²) in [7, 11) is -9.39. The van der Waals surface area contributed by atoms with Gasteiger partial charge in [-0.2, -0.15) is 16.8 Å². The number of aliphatic hydroxyl groups is 2. The average molecular weight is 593 g/mol. The number of rotatable bonds is 9. The van der Waals surface area contributed by atoms with Crippen LogP contribution in [0.2, 0.25) is 0 Å². The molecule has 0 saturated heterocycles. The summed E-state index contributed by atoms with van der Waals surface area (Å²) in [5.41, 5.74) is 1.27. The molecule has 0 heterocycles. The highest BCUT2D eigenvalue weighted by Gasteiger charge is 2.62. The first-order valence-corrected chi connectivity index (χ1v) is 16.7. The van der Waals surface area contributed by atoms with E-state index in [1.807, 2.05) is 26.8 Å². The molecule has 39 heavy (non-hydrogen) atoms. The fourth-order valence-corrected chi connectivity index (χ4v) is 9.88. The lowest BCUT2D eigenvalue weighted by Gasteiger charge is -2.59. The Morgan fingerprint density at radius 2 is 1.77 bits per heavy atom. The lowest BCUT2D eigenvalue weighted by Crippen LogP contribution is -2.58. The van der Waals surface area contributed by atoms with Gasteiger partial charge in [0.05, 0.1) is 12.7 Å². The Bertz CT molecular complexity index is 1190. The maximum atomic E-state index is 11.4. The van der Waals surface area contributed by atoms with Gasteiger partial charge in [0.1, 0.15) is 12.2 Å². The normalized spacial score (nSPS) is 41.1. The summed E-state index contributed by atoms with van der Waals surface area (Å²) in [5.74, 6) is 1.01. The van der Waals surface area contributed by atoms with Crippen LogP contribution in [0.1, 0.15) is 79.1 Å². The highest BCUT2D eigenvalue weighted by atomic mass is 32.3. The van der Waals surface area contributed by atoms with Gasteiger partial charge in [-0.3, -0.25) is 9.11 Å². The maximum absolute atomic E-state index is 11.4. The molecule has 3 unspecified atom stereocenters. The van der Waals surface area contributed by atoms with Gasteiger partial charge in [-0.05, 0) is 111 Å². The lowest BCUT2D eigenvalue weighted by molar-refractivity contribution is -0.119. The zero-order valence-corrected chi connectivity index (χ0v) is 24.8. The molecule has 10 nitrogen and oxygen atoms in total. The first-order chi connectivity index (χ1) is 18.0. The molecular weight excluding hydrogens is 548 g/mol. The second-order valence-electron chi connectivity index (χ2n) is 13.0. The van der Waals surface area contributed by atoms with Crippen LogP contribution in [0, 0.1) is 40.4 Å². The standard InChI is InChI=1S/C27H44O10S2/c1-16(2)6-5-7-17(15-36-38(30,31)32)19-10-11-20-18-8-9-22-24(29)25(37-39(33,34)35)23(28)14-27(22,4)21(18)12-13-26(19,20)3/h6,9,17-21,23-25,28-29H,5,7-8,10-15H2,1-4H3,(H,30,31,32)(H,33,34,35)/t17-,18-,19+,20-,21-,23?,24?,25?,26+,27+/m0/s1. The van der Waals surface area contributed by atoms with Crippen LogP contribution in [0.15, 0.2) is 23.3 Å². The molecule has 4 aliphatic rings. The predicted molar refractivity (Wildman–Crippen MR) is 144 cm³/mol. The Kier molecular flexibility index (Phi) is 8.84. The van der Waals surface area contributed by atoms with Crippen LogP contribution in [0.3, 0.4) is 0 Å². The summed E-state index contributed by atoms with van der Waals surface area (Å²) >= 11 is 0. The number of fused-ring (bicyclic) bond motifs is 5. The molecule has 4 aliphatic carbocycles. The first-order valence-electron chi connectivity index (χ1n) is 13.9. The second kappa shape index (κ2) is 11.1. The van der Waals surface area contributed by atoms with Gasteiger partial charge in [-0.1, -0.05) is 31.6 Å². The Morgan fingerprint density at radius 3 is 2.38 bits per heavy atom. The van der Waals surface area contributed by atoms with Crippen molar-refractivity contribution in [1.29, 1.82) is 0 Å². The van der Waals surface area contributed by atoms with E-state index in [9.17, 15) is 31.6 Å². The minimum Gasteiger partial charge on any atom is -0.390 e. The van der Waals surface area contributed by atoms with Crippen LogP contribution < -0.4 is 0 Å². The summed E-state index contributed by atoms with van der Waals surface area (Å²) in [5, 5.41) is 21.9. The highest BCUT2D eigenvalue weighted by molar-refractivity contribution is 7.81. The summed E-state index contributed by atoms with van der Waals surface area (Å²) in [4.78, 5) is 0. The Morgan fingerprint density at radius 1 is 1.08 bits per heavy atom. The first kappa shape index (κ1) is 31.1. The Labute approximate surface area is 232 Å². The van der Waals surface area contributed by atoms with E-state index in [0.717, 1.165) is 38.5 Å². The van der Waals surface area contributed by atoms with Crippen molar-refractivity contribution in [3.8, 4) is 0 Å². The molecule has 3 saturated carbocycles. The third-order valence-corrected chi connectivity index (χ3v) is 11.5. The molecule has 0 aromatic carbocycles. The SMILES string of the molecule is CC(C)=CCC[C@@H](COS(=O)(=O)O)[C@H]1CC[C@H]2[C@@H]3CC=C4C(O)C(OS(=O)(=O)O)C(O)C[C@]4(C)[C@H]3CC[C@]12C. The molecule has 0 bridgehead atoms. The van der Waals surface area contributed by atoms with Crippen LogP contribution in [0.25, 0.3) is 0 Å². The number of hydrogen-bond donors (Lipinski definition) is 4. The molecule has 4 rings (SSSR count). The van der Waals surface area contributed by atoms with Crippen molar-refractivity contribution in [2.45, 2.75) is 97.4 Å². The van der Waals surface area contributed by atoms with E-state index in [4.69, 9.17) is 8.74 Å². The molecule has 0 aromatic rings. The Hall–Kier alpha value is -0.860. The van der Waals surface area contributed by atoms with Crippen LogP contribution >= 0.6 is 0 Å². The van der Waals surface area contributed by atoms with Gasteiger partial charge >= 0.3 is 20.8 Å². The smallest absolute Gasteiger partial charge is 0.390 e. The van der Waals surface area contributed by atoms with Gasteiger partial charge in [0, 0.05) is 0 Å². The molecule has 0 spiro atoms. The quantitative estimate of drug-likeness (QED) is 0.228. The van der Waals surface area contributed by atoms with E-state index in [2.05, 4.69) is 17.2 Å². The van der Waals surface area contributed by atoms with Crippen molar-refractivity contribution in [1.82, 2.24) is 0 Å². The van der Waals surface area contributed by atoms with Crippen molar-refractivity contribution >= 4 is 20.8 Å². The maximum Gasteiger partial charge on any atom is 0.397 e. The van der Waals surface area contributed by atoms with Crippen molar-refractivity contribution in [2.24, 2.45) is 40.4 Å². The summed E-state index contributed by atoms with van der Waals surface area (Å²) in [6.45, 7) is 8.34. The van der Waals surface area contributed by atoms with E-state index in [0.29, 0.717) is 23.8 Å². The molecule has 10 atom stereocenters. The molecule has 0 amide bonds. The van der Waals surface area contributed by atoms with Gasteiger partial charge in [0.15, 0.2) is 0 Å². The summed E-state index contributed by atoms with van der Waals surface area (Å²) < 4.78 is 73.5. The molecular formula is C27H44O10S2. The molecule has 0 aromatic heterocycles. The topological polar surface area (TPSA) is 168 Å². The third-order valence-electron chi connectivity index (χ3n) is 10.6. The highest BCUT2D eigenvalue weighted by Crippen LogP contribution is 2.67. The van der Waals surface area contributed by atoms with Crippen LogP contribution in [0.5, 0.6) is 0 Å². The third kappa shape index (κ3) is 6.33. The monoisotopic (exact) mass is 592 g/mol. The van der Waals surface area contributed by atoms with Gasteiger partial charge < -0.3 is 10.2 Å². The van der Waals surface area contributed by atoms with E-state index in [1.165, 1.54) is 5.57 Å². The van der Waals surface area contributed by atoms with Gasteiger partial charge in [-0.25, -0.2) is 8.37 Å². The second-order valence-corrected chi connectivity index (χ2v) is 15.1.